The largest absolute Gasteiger partial charge is 0.299 e. The molecule has 0 atom stereocenters. The molecule has 0 aliphatic carbocycles. The van der Waals surface area contributed by atoms with Gasteiger partial charge in [-0.25, -0.2) is 0 Å². The van der Waals surface area contributed by atoms with Crippen LogP contribution in [-0.2, 0) is 17.8 Å². The summed E-state index contributed by atoms with van der Waals surface area (Å²) in [7, 11) is 0. The minimum absolute atomic E-state index is 0.0580. The zero-order valence-electron chi connectivity index (χ0n) is 14.7. The fourth-order valence-electron chi connectivity index (χ4n) is 2.42. The van der Waals surface area contributed by atoms with Crippen molar-refractivity contribution >= 4 is 34.6 Å². The van der Waals surface area contributed by atoms with Gasteiger partial charge in [-0.05, 0) is 25.6 Å². The zero-order chi connectivity index (χ0) is 18.5. The summed E-state index contributed by atoms with van der Waals surface area (Å²) in [6.07, 6.45) is 3.04. The van der Waals surface area contributed by atoms with E-state index in [9.17, 15) is 4.79 Å². The lowest BCUT2D eigenvalue weighted by Gasteiger charge is -2.06. The average Bonchev–Trinajstić information content (AvgIpc) is 3.21. The number of amides is 1. The molecule has 0 radical (unpaired) electrons. The van der Waals surface area contributed by atoms with E-state index in [-0.39, 0.29) is 12.5 Å². The van der Waals surface area contributed by atoms with E-state index in [2.05, 4.69) is 32.6 Å². The van der Waals surface area contributed by atoms with Gasteiger partial charge >= 0.3 is 0 Å². The minimum atomic E-state index is -0.214. The van der Waals surface area contributed by atoms with E-state index in [1.807, 2.05) is 31.2 Å². The highest BCUT2D eigenvalue weighted by atomic mass is 32.1. The molecule has 0 saturated carbocycles. The number of carbonyl (C=O) groups excluding carboxylic acids is 1. The third kappa shape index (κ3) is 4.41. The first-order valence-electron chi connectivity index (χ1n) is 8.41. The number of nitrogens with one attached hydrogen (secondary N) is 2. The molecule has 1 aromatic carbocycles. The topological polar surface area (TPSA) is 88.5 Å². The maximum Gasteiger partial charge on any atom is 0.246 e. The molecule has 0 aliphatic heterocycles. The van der Waals surface area contributed by atoms with Crippen LogP contribution in [0.3, 0.4) is 0 Å². The van der Waals surface area contributed by atoms with Gasteiger partial charge in [0, 0.05) is 12.0 Å². The Labute approximate surface area is 160 Å². The van der Waals surface area contributed by atoms with E-state index in [1.54, 1.807) is 4.57 Å². The average molecular weight is 389 g/mol. The molecule has 2 heterocycles. The molecule has 3 aromatic rings. The molecule has 0 bridgehead atoms. The van der Waals surface area contributed by atoms with Crippen LogP contribution in [0.2, 0.25) is 0 Å². The number of aromatic nitrogens is 5. The molecule has 0 spiro atoms. The quantitative estimate of drug-likeness (QED) is 0.602. The van der Waals surface area contributed by atoms with E-state index >= 15 is 0 Å². The Morgan fingerprint density at radius 1 is 1.31 bits per heavy atom. The number of benzene rings is 1. The molecule has 0 fully saturated rings. The molecule has 7 nitrogen and oxygen atoms in total. The van der Waals surface area contributed by atoms with E-state index < -0.39 is 0 Å². The summed E-state index contributed by atoms with van der Waals surface area (Å²) in [4.78, 5) is 12.4. The molecule has 0 aliphatic rings. The van der Waals surface area contributed by atoms with Crippen molar-refractivity contribution in [2.24, 2.45) is 0 Å². The highest BCUT2D eigenvalue weighted by Crippen LogP contribution is 2.19. The molecule has 9 heteroatoms. The van der Waals surface area contributed by atoms with Gasteiger partial charge < -0.3 is 0 Å². The van der Waals surface area contributed by atoms with Crippen molar-refractivity contribution in [3.8, 4) is 11.4 Å². The summed E-state index contributed by atoms with van der Waals surface area (Å²) in [5.74, 6) is 0.417. The van der Waals surface area contributed by atoms with Crippen LogP contribution in [0, 0.1) is 11.7 Å². The van der Waals surface area contributed by atoms with Gasteiger partial charge in [-0.1, -0.05) is 54.5 Å². The summed E-state index contributed by atoms with van der Waals surface area (Å²) >= 11 is 6.68. The Bertz CT molecular complexity index is 941. The second-order valence-electron chi connectivity index (χ2n) is 5.96. The SMILES string of the molecule is CCCCc1nnc(NC(=O)Cn2c(-c3ccc(C)cc3)n[nH]c2=S)s1. The Balaban J connectivity index is 1.71. The maximum atomic E-state index is 12.4. The second-order valence-corrected chi connectivity index (χ2v) is 7.41. The van der Waals surface area contributed by atoms with Crippen molar-refractivity contribution < 1.29 is 4.79 Å². The number of carbonyl (C=O) groups is 1. The van der Waals surface area contributed by atoms with E-state index in [1.165, 1.54) is 11.3 Å². The number of H-pyrrole nitrogens is 1. The van der Waals surface area contributed by atoms with Crippen LogP contribution < -0.4 is 5.32 Å². The summed E-state index contributed by atoms with van der Waals surface area (Å²) in [5.41, 5.74) is 2.05. The lowest BCUT2D eigenvalue weighted by Crippen LogP contribution is -2.19. The standard InChI is InChI=1S/C17H20N6OS2/c1-3-4-5-14-19-21-16(26-14)18-13(24)10-23-15(20-22-17(23)25)12-8-6-11(2)7-9-12/h6-9H,3-5,10H2,1-2H3,(H,22,25)(H,18,21,24). The number of aryl methyl sites for hydroxylation is 2. The first kappa shape index (κ1) is 18.4. The molecule has 26 heavy (non-hydrogen) atoms. The normalized spacial score (nSPS) is 10.8. The number of unbranched alkanes of at least 4 members (excludes halogenated alkanes) is 1. The zero-order valence-corrected chi connectivity index (χ0v) is 16.3. The molecule has 0 saturated heterocycles. The predicted octanol–water partition coefficient (Wildman–Crippen LogP) is 3.75. The lowest BCUT2D eigenvalue weighted by atomic mass is 10.1. The number of nitrogens with zero attached hydrogens (tertiary/aromatic N) is 4. The van der Waals surface area contributed by atoms with E-state index in [0.29, 0.717) is 15.7 Å². The summed E-state index contributed by atoms with van der Waals surface area (Å²) < 4.78 is 2.07. The van der Waals surface area contributed by atoms with Crippen LogP contribution in [0.15, 0.2) is 24.3 Å². The predicted molar refractivity (Wildman–Crippen MR) is 105 cm³/mol. The Morgan fingerprint density at radius 2 is 2.08 bits per heavy atom. The smallest absolute Gasteiger partial charge is 0.246 e. The lowest BCUT2D eigenvalue weighted by molar-refractivity contribution is -0.116. The summed E-state index contributed by atoms with van der Waals surface area (Å²) in [6.45, 7) is 4.21. The van der Waals surface area contributed by atoms with Gasteiger partial charge in [-0.2, -0.15) is 5.10 Å². The molecule has 2 N–H and O–H groups in total. The van der Waals surface area contributed by atoms with Gasteiger partial charge in [0.1, 0.15) is 11.6 Å². The minimum Gasteiger partial charge on any atom is -0.299 e. The van der Waals surface area contributed by atoms with Crippen molar-refractivity contribution in [2.75, 3.05) is 5.32 Å². The van der Waals surface area contributed by atoms with Crippen molar-refractivity contribution in [3.05, 3.63) is 39.6 Å². The first-order chi connectivity index (χ1) is 12.6. The molecule has 3 rings (SSSR count). The van der Waals surface area contributed by atoms with Crippen LogP contribution in [0.25, 0.3) is 11.4 Å². The van der Waals surface area contributed by atoms with Gasteiger partial charge in [-0.3, -0.25) is 19.8 Å². The number of aromatic amines is 1. The van der Waals surface area contributed by atoms with Crippen LogP contribution in [0.4, 0.5) is 5.13 Å². The first-order valence-corrected chi connectivity index (χ1v) is 9.63. The van der Waals surface area contributed by atoms with Crippen LogP contribution >= 0.6 is 23.6 Å². The van der Waals surface area contributed by atoms with Crippen LogP contribution in [0.5, 0.6) is 0 Å². The summed E-state index contributed by atoms with van der Waals surface area (Å²) in [6, 6.07) is 7.91. The number of anilines is 1. The molecule has 1 amide bonds. The molecular weight excluding hydrogens is 368 g/mol. The Morgan fingerprint density at radius 3 is 2.81 bits per heavy atom. The van der Waals surface area contributed by atoms with Crippen LogP contribution in [-0.4, -0.2) is 30.9 Å². The van der Waals surface area contributed by atoms with Crippen molar-refractivity contribution in [1.82, 2.24) is 25.0 Å². The van der Waals surface area contributed by atoms with Gasteiger partial charge in [0.15, 0.2) is 10.6 Å². The van der Waals surface area contributed by atoms with Gasteiger partial charge in [-0.15, -0.1) is 10.2 Å². The Hall–Kier alpha value is -2.39. The van der Waals surface area contributed by atoms with Crippen molar-refractivity contribution in [2.45, 2.75) is 39.7 Å². The van der Waals surface area contributed by atoms with Gasteiger partial charge in [0.25, 0.3) is 0 Å². The highest BCUT2D eigenvalue weighted by molar-refractivity contribution is 7.71. The maximum absolute atomic E-state index is 12.4. The molecule has 2 aromatic heterocycles. The number of hydrogen-bond acceptors (Lipinski definition) is 6. The van der Waals surface area contributed by atoms with Crippen molar-refractivity contribution in [3.63, 3.8) is 0 Å². The molecular formula is C17H20N6OS2. The monoisotopic (exact) mass is 388 g/mol. The third-order valence-corrected chi connectivity index (χ3v) is 5.04. The second kappa shape index (κ2) is 8.33. The van der Waals surface area contributed by atoms with Crippen molar-refractivity contribution in [1.29, 1.82) is 0 Å². The number of hydrogen-bond donors (Lipinski definition) is 2. The van der Waals surface area contributed by atoms with Gasteiger partial charge in [0.2, 0.25) is 11.0 Å². The highest BCUT2D eigenvalue weighted by Gasteiger charge is 2.14. The third-order valence-electron chi connectivity index (χ3n) is 3.83. The van der Waals surface area contributed by atoms with Crippen LogP contribution in [0.1, 0.15) is 30.3 Å². The molecule has 0 unspecified atom stereocenters. The van der Waals surface area contributed by atoms with E-state index in [0.717, 1.165) is 35.4 Å². The fourth-order valence-corrected chi connectivity index (χ4v) is 3.42. The summed E-state index contributed by atoms with van der Waals surface area (Å²) in [5, 5.41) is 19.4. The van der Waals surface area contributed by atoms with E-state index in [4.69, 9.17) is 12.2 Å². The fraction of sp³-hybridized carbons (Fsp3) is 0.353. The van der Waals surface area contributed by atoms with Gasteiger partial charge in [0.05, 0.1) is 0 Å². The molecule has 136 valence electrons. The number of rotatable bonds is 7. The Kier molecular flexibility index (Phi) is 5.89.